The Labute approximate surface area is 142 Å². The second-order valence-corrected chi connectivity index (χ2v) is 7.92. The zero-order valence-corrected chi connectivity index (χ0v) is 14.9. The Balaban J connectivity index is 2.17. The Morgan fingerprint density at radius 3 is 2.48 bits per heavy atom. The number of fused-ring (bicyclic) bond motifs is 1. The lowest BCUT2D eigenvalue weighted by atomic mass is 9.95. The standard InChI is InChI=1S/C17H19BrN2O3/c1-16(2,3)23-15(22)20-9-12(17(6-7-17)14(19)21)11-8-10(18)4-5-13(11)20/h4-5,8-9H,6-7H2,1-3H3,(H2,19,21). The van der Waals surface area contributed by atoms with Crippen molar-refractivity contribution < 1.29 is 14.3 Å². The van der Waals surface area contributed by atoms with Gasteiger partial charge in [0, 0.05) is 16.1 Å². The van der Waals surface area contributed by atoms with Crippen LogP contribution in [0.1, 0.15) is 39.2 Å². The summed E-state index contributed by atoms with van der Waals surface area (Å²) in [6, 6.07) is 5.61. The van der Waals surface area contributed by atoms with E-state index in [1.165, 1.54) is 4.57 Å². The van der Waals surface area contributed by atoms with Crippen LogP contribution in [0.25, 0.3) is 10.9 Å². The number of primary amides is 1. The van der Waals surface area contributed by atoms with Crippen molar-refractivity contribution in [1.29, 1.82) is 0 Å². The summed E-state index contributed by atoms with van der Waals surface area (Å²) < 4.78 is 7.81. The molecule has 0 spiro atoms. The molecule has 6 heteroatoms. The number of hydrogen-bond donors (Lipinski definition) is 1. The van der Waals surface area contributed by atoms with E-state index in [4.69, 9.17) is 10.5 Å². The Hall–Kier alpha value is -1.82. The van der Waals surface area contributed by atoms with E-state index >= 15 is 0 Å². The molecule has 122 valence electrons. The van der Waals surface area contributed by atoms with Gasteiger partial charge in [0.2, 0.25) is 5.91 Å². The Bertz CT molecular complexity index is 813. The Morgan fingerprint density at radius 1 is 1.30 bits per heavy atom. The number of amides is 1. The number of carbonyl (C=O) groups excluding carboxylic acids is 2. The fraction of sp³-hybridized carbons (Fsp3) is 0.412. The van der Waals surface area contributed by atoms with Crippen molar-refractivity contribution >= 4 is 38.8 Å². The minimum Gasteiger partial charge on any atom is -0.443 e. The van der Waals surface area contributed by atoms with Crippen LogP contribution in [0.2, 0.25) is 0 Å². The smallest absolute Gasteiger partial charge is 0.419 e. The van der Waals surface area contributed by atoms with Gasteiger partial charge < -0.3 is 10.5 Å². The summed E-state index contributed by atoms with van der Waals surface area (Å²) in [5, 5.41) is 0.849. The highest BCUT2D eigenvalue weighted by molar-refractivity contribution is 9.10. The van der Waals surface area contributed by atoms with Crippen LogP contribution in [0.5, 0.6) is 0 Å². The van der Waals surface area contributed by atoms with Gasteiger partial charge in [0.25, 0.3) is 0 Å². The molecule has 5 nitrogen and oxygen atoms in total. The van der Waals surface area contributed by atoms with E-state index in [1.807, 2.05) is 39.0 Å². The molecule has 1 heterocycles. The minimum atomic E-state index is -0.660. The van der Waals surface area contributed by atoms with Crippen molar-refractivity contribution in [2.75, 3.05) is 0 Å². The summed E-state index contributed by atoms with van der Waals surface area (Å²) in [7, 11) is 0. The van der Waals surface area contributed by atoms with Crippen molar-refractivity contribution in [3.63, 3.8) is 0 Å². The van der Waals surface area contributed by atoms with Crippen LogP contribution < -0.4 is 5.73 Å². The van der Waals surface area contributed by atoms with Crippen molar-refractivity contribution in [2.24, 2.45) is 5.73 Å². The highest BCUT2D eigenvalue weighted by Gasteiger charge is 2.51. The summed E-state index contributed by atoms with van der Waals surface area (Å²) in [4.78, 5) is 24.4. The lowest BCUT2D eigenvalue weighted by Gasteiger charge is -2.19. The van der Waals surface area contributed by atoms with E-state index in [0.29, 0.717) is 18.4 Å². The third kappa shape index (κ3) is 2.76. The van der Waals surface area contributed by atoms with Gasteiger partial charge in [0.15, 0.2) is 0 Å². The molecule has 1 saturated carbocycles. The van der Waals surface area contributed by atoms with Crippen molar-refractivity contribution in [3.05, 3.63) is 34.4 Å². The maximum Gasteiger partial charge on any atom is 0.419 e. The predicted molar refractivity (Wildman–Crippen MR) is 91.4 cm³/mol. The van der Waals surface area contributed by atoms with Gasteiger partial charge in [-0.25, -0.2) is 4.79 Å². The van der Waals surface area contributed by atoms with Gasteiger partial charge in [-0.15, -0.1) is 0 Å². The summed E-state index contributed by atoms with van der Waals surface area (Å²) in [5.74, 6) is -0.347. The number of halogens is 1. The van der Waals surface area contributed by atoms with Crippen molar-refractivity contribution in [2.45, 2.75) is 44.6 Å². The summed E-state index contributed by atoms with van der Waals surface area (Å²) in [5.41, 5.74) is 5.86. The molecular formula is C17H19BrN2O3. The number of rotatable bonds is 2. The number of nitrogens with zero attached hydrogens (tertiary/aromatic N) is 1. The zero-order valence-electron chi connectivity index (χ0n) is 13.4. The molecule has 0 radical (unpaired) electrons. The molecule has 1 aliphatic carbocycles. The molecule has 1 fully saturated rings. The van der Waals surface area contributed by atoms with E-state index in [0.717, 1.165) is 15.4 Å². The van der Waals surface area contributed by atoms with Crippen molar-refractivity contribution in [3.8, 4) is 0 Å². The van der Waals surface area contributed by atoms with Crippen molar-refractivity contribution in [1.82, 2.24) is 4.57 Å². The average Bonchev–Trinajstić information content (AvgIpc) is 3.13. The topological polar surface area (TPSA) is 74.3 Å². The number of carbonyl (C=O) groups is 2. The first-order valence-electron chi connectivity index (χ1n) is 7.48. The van der Waals surface area contributed by atoms with Gasteiger partial charge in [-0.1, -0.05) is 15.9 Å². The highest BCUT2D eigenvalue weighted by Crippen LogP contribution is 2.51. The molecule has 0 bridgehead atoms. The highest BCUT2D eigenvalue weighted by atomic mass is 79.9. The molecule has 3 rings (SSSR count). The molecule has 0 atom stereocenters. The van der Waals surface area contributed by atoms with Gasteiger partial charge in [-0.2, -0.15) is 0 Å². The first-order valence-corrected chi connectivity index (χ1v) is 8.28. The summed E-state index contributed by atoms with van der Waals surface area (Å²) in [6.07, 6.45) is 2.66. The second-order valence-electron chi connectivity index (χ2n) is 7.00. The molecule has 23 heavy (non-hydrogen) atoms. The predicted octanol–water partition coefficient (Wildman–Crippen LogP) is 3.70. The molecule has 1 aromatic carbocycles. The van der Waals surface area contributed by atoms with E-state index in [2.05, 4.69) is 15.9 Å². The molecule has 2 N–H and O–H groups in total. The quantitative estimate of drug-likeness (QED) is 0.865. The van der Waals surface area contributed by atoms with E-state index in [-0.39, 0.29) is 5.91 Å². The molecule has 1 aromatic heterocycles. The maximum atomic E-state index is 12.5. The monoisotopic (exact) mass is 378 g/mol. The third-order valence-corrected chi connectivity index (χ3v) is 4.59. The van der Waals surface area contributed by atoms with E-state index in [9.17, 15) is 9.59 Å². The third-order valence-electron chi connectivity index (χ3n) is 4.09. The van der Waals surface area contributed by atoms with Gasteiger partial charge in [-0.05, 0) is 57.4 Å². The van der Waals surface area contributed by atoms with Gasteiger partial charge in [0.1, 0.15) is 5.60 Å². The fourth-order valence-corrected chi connectivity index (χ4v) is 3.18. The number of aromatic nitrogens is 1. The van der Waals surface area contributed by atoms with Crippen LogP contribution in [0.3, 0.4) is 0 Å². The van der Waals surface area contributed by atoms with Crippen LogP contribution in [0.4, 0.5) is 4.79 Å². The van der Waals surface area contributed by atoms with Crippen LogP contribution >= 0.6 is 15.9 Å². The lowest BCUT2D eigenvalue weighted by molar-refractivity contribution is -0.120. The zero-order chi connectivity index (χ0) is 17.0. The van der Waals surface area contributed by atoms with Gasteiger partial charge in [0.05, 0.1) is 10.9 Å². The van der Waals surface area contributed by atoms with Gasteiger partial charge >= 0.3 is 6.09 Å². The fourth-order valence-electron chi connectivity index (χ4n) is 2.82. The molecule has 0 saturated heterocycles. The molecule has 0 unspecified atom stereocenters. The summed E-state index contributed by atoms with van der Waals surface area (Å²) >= 11 is 3.44. The minimum absolute atomic E-state index is 0.347. The average molecular weight is 379 g/mol. The normalized spacial score (nSPS) is 16.3. The first kappa shape index (κ1) is 16.1. The second kappa shape index (κ2) is 5.09. The lowest BCUT2D eigenvalue weighted by Crippen LogP contribution is -2.28. The molecule has 1 aliphatic rings. The molecule has 1 amide bonds. The number of benzene rings is 1. The Kier molecular flexibility index (Phi) is 3.55. The molecular weight excluding hydrogens is 360 g/mol. The molecule has 0 aliphatic heterocycles. The van der Waals surface area contributed by atoms with E-state index < -0.39 is 17.1 Å². The Morgan fingerprint density at radius 2 is 1.96 bits per heavy atom. The summed E-state index contributed by atoms with van der Waals surface area (Å²) in [6.45, 7) is 5.46. The SMILES string of the molecule is CC(C)(C)OC(=O)n1cc(C2(C(N)=O)CC2)c2cc(Br)ccc21. The largest absolute Gasteiger partial charge is 0.443 e. The number of hydrogen-bond acceptors (Lipinski definition) is 3. The van der Waals surface area contributed by atoms with Crippen LogP contribution in [-0.4, -0.2) is 22.2 Å². The first-order chi connectivity index (χ1) is 10.6. The van der Waals surface area contributed by atoms with Gasteiger partial charge in [-0.3, -0.25) is 9.36 Å². The number of ether oxygens (including phenoxy) is 1. The van der Waals surface area contributed by atoms with Crippen LogP contribution in [-0.2, 0) is 14.9 Å². The number of nitrogens with two attached hydrogens (primary N) is 1. The van der Waals surface area contributed by atoms with Crippen LogP contribution in [0, 0.1) is 0 Å². The van der Waals surface area contributed by atoms with E-state index in [1.54, 1.807) is 6.20 Å². The maximum absolute atomic E-state index is 12.5. The van der Waals surface area contributed by atoms with Crippen LogP contribution in [0.15, 0.2) is 28.9 Å². The molecule has 2 aromatic rings.